The maximum atomic E-state index is 9.14. The molecule has 0 saturated heterocycles. The first-order chi connectivity index (χ1) is 24.2. The molecule has 0 bridgehead atoms. The summed E-state index contributed by atoms with van der Waals surface area (Å²) in [5.41, 5.74) is 5.03. The van der Waals surface area contributed by atoms with Gasteiger partial charge in [0, 0.05) is 20.2 Å². The number of hydrogen-bond acceptors (Lipinski definition) is 1. The van der Waals surface area contributed by atoms with Crippen molar-refractivity contribution < 1.29 is 9.60 Å². The number of thiophene rings is 1. The van der Waals surface area contributed by atoms with E-state index in [0.717, 1.165) is 33.6 Å². The average molecular weight is 570 g/mol. The molecule has 0 radical (unpaired) electrons. The molecule has 43 heavy (non-hydrogen) atoms. The summed E-state index contributed by atoms with van der Waals surface area (Å²) in [5, 5.41) is 7.84. The summed E-state index contributed by atoms with van der Waals surface area (Å²) in [6.07, 6.45) is 0. The first-order valence-corrected chi connectivity index (χ1v) is 15.0. The molecule has 200 valence electrons. The number of benzene rings is 8. The van der Waals surface area contributed by atoms with Gasteiger partial charge in [0.25, 0.3) is 0 Å². The number of hydrogen-bond donors (Lipinski definition) is 0. The Kier molecular flexibility index (Phi) is 4.12. The molecule has 0 spiro atoms. The van der Waals surface area contributed by atoms with Crippen molar-refractivity contribution in [1.82, 2.24) is 0 Å². The first-order valence-electron chi connectivity index (χ1n) is 17.7. The molecule has 0 saturated carbocycles. The van der Waals surface area contributed by atoms with Gasteiger partial charge < -0.3 is 0 Å². The standard InChI is InChI=1S/C42H26S/c1-2-12-35-33(10-1)34-11-3-4-13-36(34)40-25-31(20-22-37(35)40)28-18-16-27(17-19-28)29-8-7-9-30(24-29)32-21-23-39-38-14-5-6-15-41(38)43-42(39)26-32/h1-26H/i5D,6D,14D,15D,21D,23D,26D. The lowest BCUT2D eigenvalue weighted by atomic mass is 9.91. The molecular formula is C42H26S. The van der Waals surface area contributed by atoms with Crippen molar-refractivity contribution >= 4 is 63.8 Å². The Hall–Kier alpha value is -5.24. The van der Waals surface area contributed by atoms with E-state index in [-0.39, 0.29) is 53.1 Å². The lowest BCUT2D eigenvalue weighted by molar-refractivity contribution is 1.59. The third kappa shape index (κ3) is 3.97. The molecule has 0 aliphatic heterocycles. The zero-order chi connectivity index (χ0) is 34.4. The summed E-state index contributed by atoms with van der Waals surface area (Å²) in [5.74, 6) is 0. The quantitative estimate of drug-likeness (QED) is 0.186. The summed E-state index contributed by atoms with van der Waals surface area (Å²) in [4.78, 5) is 0. The predicted octanol–water partition coefficient (Wildman–Crippen LogP) is 12.5. The molecule has 1 aromatic heterocycles. The van der Waals surface area contributed by atoms with Gasteiger partial charge in [-0.3, -0.25) is 0 Å². The van der Waals surface area contributed by atoms with E-state index in [1.165, 1.54) is 32.3 Å². The molecule has 0 aliphatic rings. The van der Waals surface area contributed by atoms with E-state index in [9.17, 15) is 0 Å². The van der Waals surface area contributed by atoms with Gasteiger partial charge in [-0.25, -0.2) is 0 Å². The Labute approximate surface area is 263 Å². The minimum atomic E-state index is -0.384. The maximum Gasteiger partial charge on any atom is 0.0644 e. The van der Waals surface area contributed by atoms with Gasteiger partial charge in [0.1, 0.15) is 0 Å². The molecule has 1 heterocycles. The van der Waals surface area contributed by atoms with Gasteiger partial charge in [0.05, 0.1) is 9.60 Å². The van der Waals surface area contributed by atoms with Gasteiger partial charge in [-0.05, 0) is 89.9 Å². The third-order valence-electron chi connectivity index (χ3n) is 8.33. The third-order valence-corrected chi connectivity index (χ3v) is 9.35. The van der Waals surface area contributed by atoms with Crippen molar-refractivity contribution in [2.75, 3.05) is 0 Å². The smallest absolute Gasteiger partial charge is 0.0644 e. The lowest BCUT2D eigenvalue weighted by Crippen LogP contribution is -1.85. The fourth-order valence-electron chi connectivity index (χ4n) is 6.24. The summed E-state index contributed by atoms with van der Waals surface area (Å²) in [6.45, 7) is 0. The topological polar surface area (TPSA) is 0 Å². The van der Waals surface area contributed by atoms with Crippen molar-refractivity contribution in [2.45, 2.75) is 0 Å². The van der Waals surface area contributed by atoms with Crippen molar-refractivity contribution in [3.8, 4) is 33.4 Å². The molecule has 0 atom stereocenters. The summed E-state index contributed by atoms with van der Waals surface area (Å²) in [6, 6.07) is 38.4. The van der Waals surface area contributed by atoms with Gasteiger partial charge in [-0.15, -0.1) is 11.3 Å². The summed E-state index contributed by atoms with van der Waals surface area (Å²) in [7, 11) is 0. The molecule has 0 nitrogen and oxygen atoms in total. The number of fused-ring (bicyclic) bond motifs is 9. The first kappa shape index (κ1) is 18.3. The van der Waals surface area contributed by atoms with Crippen LogP contribution >= 0.6 is 11.3 Å². The molecule has 9 aromatic rings. The van der Waals surface area contributed by atoms with Crippen LogP contribution in [0.25, 0.3) is 85.9 Å². The minimum Gasteiger partial charge on any atom is -0.135 e. The van der Waals surface area contributed by atoms with Gasteiger partial charge in [0.2, 0.25) is 0 Å². The molecule has 1 heteroatoms. The van der Waals surface area contributed by atoms with Crippen LogP contribution in [-0.2, 0) is 0 Å². The van der Waals surface area contributed by atoms with Crippen molar-refractivity contribution in [2.24, 2.45) is 0 Å². The Morgan fingerprint density at radius 3 is 1.58 bits per heavy atom. The molecule has 9 rings (SSSR count). The van der Waals surface area contributed by atoms with Crippen LogP contribution in [0.1, 0.15) is 9.60 Å². The van der Waals surface area contributed by atoms with Gasteiger partial charge >= 0.3 is 0 Å². The second kappa shape index (κ2) is 9.66. The van der Waals surface area contributed by atoms with E-state index in [4.69, 9.17) is 9.60 Å². The van der Waals surface area contributed by atoms with Gasteiger partial charge in [-0.1, -0.05) is 133 Å². The predicted molar refractivity (Wildman–Crippen MR) is 188 cm³/mol. The van der Waals surface area contributed by atoms with Crippen LogP contribution in [-0.4, -0.2) is 0 Å². The Morgan fingerprint density at radius 1 is 0.349 bits per heavy atom. The van der Waals surface area contributed by atoms with Gasteiger partial charge in [-0.2, -0.15) is 0 Å². The monoisotopic (exact) mass is 569 g/mol. The fourth-order valence-corrected chi connectivity index (χ4v) is 7.21. The normalized spacial score (nSPS) is 14.0. The summed E-state index contributed by atoms with van der Waals surface area (Å²) < 4.78 is 60.8. The van der Waals surface area contributed by atoms with Crippen molar-refractivity contribution in [3.63, 3.8) is 0 Å². The average Bonchev–Trinajstić information content (AvgIpc) is 3.57. The molecular weight excluding hydrogens is 537 g/mol. The van der Waals surface area contributed by atoms with E-state index in [0.29, 0.717) is 20.5 Å². The summed E-state index contributed by atoms with van der Waals surface area (Å²) >= 11 is 1.08. The van der Waals surface area contributed by atoms with Crippen LogP contribution in [0, 0.1) is 0 Å². The Bertz CT molecular complexity index is 2860. The highest BCUT2D eigenvalue weighted by Crippen LogP contribution is 2.39. The van der Waals surface area contributed by atoms with Crippen LogP contribution in [0.15, 0.2) is 158 Å². The minimum absolute atomic E-state index is 0.0446. The van der Waals surface area contributed by atoms with Crippen LogP contribution in [0.4, 0.5) is 0 Å². The second-order valence-corrected chi connectivity index (χ2v) is 11.8. The van der Waals surface area contributed by atoms with Crippen LogP contribution in [0.2, 0.25) is 0 Å². The highest BCUT2D eigenvalue weighted by molar-refractivity contribution is 7.25. The zero-order valence-corrected chi connectivity index (χ0v) is 23.7. The van der Waals surface area contributed by atoms with E-state index < -0.39 is 0 Å². The van der Waals surface area contributed by atoms with Crippen LogP contribution in [0.5, 0.6) is 0 Å². The van der Waals surface area contributed by atoms with Gasteiger partial charge in [0.15, 0.2) is 0 Å². The van der Waals surface area contributed by atoms with Crippen molar-refractivity contribution in [1.29, 1.82) is 0 Å². The Morgan fingerprint density at radius 2 is 0.884 bits per heavy atom. The van der Waals surface area contributed by atoms with E-state index in [1.807, 2.05) is 24.3 Å². The highest BCUT2D eigenvalue weighted by atomic mass is 32.1. The van der Waals surface area contributed by atoms with E-state index in [1.54, 1.807) is 0 Å². The Balaban J connectivity index is 1.13. The SMILES string of the molecule is [2H]c1c([2H])c([2H])c2c(sc3c([2H])c(-c4cccc(-c5ccc(-c6ccc7c8ccccc8c8ccccc8c7c6)cc5)c4)c([2H])c([2H])c32)c1[2H]. The second-order valence-electron chi connectivity index (χ2n) is 10.8. The molecule has 0 amide bonds. The van der Waals surface area contributed by atoms with Crippen LogP contribution in [0.3, 0.4) is 0 Å². The lowest BCUT2D eigenvalue weighted by Gasteiger charge is -2.12. The molecule has 0 aliphatic carbocycles. The molecule has 0 fully saturated rings. The van der Waals surface area contributed by atoms with Crippen molar-refractivity contribution in [3.05, 3.63) is 158 Å². The zero-order valence-electron chi connectivity index (χ0n) is 29.9. The number of rotatable bonds is 3. The molecule has 0 unspecified atom stereocenters. The molecule has 8 aromatic carbocycles. The van der Waals surface area contributed by atoms with E-state index >= 15 is 0 Å². The fraction of sp³-hybridized carbons (Fsp3) is 0. The highest BCUT2D eigenvalue weighted by Gasteiger charge is 2.11. The largest absolute Gasteiger partial charge is 0.135 e. The van der Waals surface area contributed by atoms with Crippen LogP contribution < -0.4 is 0 Å². The molecule has 0 N–H and O–H groups in total. The van der Waals surface area contributed by atoms with E-state index in [2.05, 4.69) is 91.0 Å². The maximum absolute atomic E-state index is 9.14.